The first kappa shape index (κ1) is 12.3. The average molecular weight is 251 g/mol. The van der Waals surface area contributed by atoms with Crippen LogP contribution < -0.4 is 0 Å². The molecule has 1 atom stereocenters. The van der Waals surface area contributed by atoms with Crippen LogP contribution in [0.3, 0.4) is 0 Å². The number of hydrogen-bond donors (Lipinski definition) is 1. The second kappa shape index (κ2) is 5.00. The first-order chi connectivity index (χ1) is 8.09. The Morgan fingerprint density at radius 1 is 1.53 bits per heavy atom. The Kier molecular flexibility index (Phi) is 3.62. The molecule has 1 unspecified atom stereocenters. The van der Waals surface area contributed by atoms with Gasteiger partial charge in [0.25, 0.3) is 5.91 Å². The summed E-state index contributed by atoms with van der Waals surface area (Å²) in [4.78, 5) is 14.0. The van der Waals surface area contributed by atoms with Crippen molar-refractivity contribution in [2.45, 2.75) is 19.4 Å². The molecule has 3 nitrogen and oxygen atoms in total. The van der Waals surface area contributed by atoms with E-state index in [4.69, 9.17) is 0 Å². The van der Waals surface area contributed by atoms with Gasteiger partial charge in [0.15, 0.2) is 0 Å². The van der Waals surface area contributed by atoms with E-state index in [1.54, 1.807) is 17.0 Å². The molecule has 92 valence electrons. The fourth-order valence-electron chi connectivity index (χ4n) is 2.01. The second-order valence-electron chi connectivity index (χ2n) is 4.45. The van der Waals surface area contributed by atoms with Gasteiger partial charge in [0.05, 0.1) is 5.56 Å². The Bertz CT molecular complexity index is 427. The van der Waals surface area contributed by atoms with Crippen molar-refractivity contribution in [2.75, 3.05) is 18.6 Å². The number of rotatable bonds is 2. The van der Waals surface area contributed by atoms with Gasteiger partial charge < -0.3 is 10.0 Å². The lowest BCUT2D eigenvalue weighted by atomic mass is 10.1. The molecule has 1 aliphatic rings. The van der Waals surface area contributed by atoms with Gasteiger partial charge in [-0.2, -0.15) is 11.8 Å². The van der Waals surface area contributed by atoms with Crippen molar-refractivity contribution in [3.8, 4) is 5.75 Å². The van der Waals surface area contributed by atoms with E-state index in [1.807, 2.05) is 31.8 Å². The highest BCUT2D eigenvalue weighted by Crippen LogP contribution is 2.25. The number of nitrogens with zero attached hydrogens (tertiary/aromatic N) is 1. The lowest BCUT2D eigenvalue weighted by Crippen LogP contribution is -2.37. The Balaban J connectivity index is 2.18. The molecule has 1 aliphatic heterocycles. The largest absolute Gasteiger partial charge is 0.507 e. The van der Waals surface area contributed by atoms with E-state index in [2.05, 4.69) is 0 Å². The van der Waals surface area contributed by atoms with Gasteiger partial charge in [-0.05, 0) is 36.8 Å². The molecule has 4 heteroatoms. The molecule has 2 rings (SSSR count). The SMILES string of the molecule is Cc1ccc(C(=O)N(C)C2CCSC2)c(O)c1. The number of carbonyl (C=O) groups is 1. The highest BCUT2D eigenvalue weighted by Gasteiger charge is 2.25. The summed E-state index contributed by atoms with van der Waals surface area (Å²) < 4.78 is 0. The van der Waals surface area contributed by atoms with Gasteiger partial charge >= 0.3 is 0 Å². The first-order valence-corrected chi connectivity index (χ1v) is 6.89. The molecular formula is C13H17NO2S. The number of aromatic hydroxyl groups is 1. The molecular weight excluding hydrogens is 234 g/mol. The van der Waals surface area contributed by atoms with Crippen molar-refractivity contribution in [3.05, 3.63) is 29.3 Å². The molecule has 0 aromatic heterocycles. The van der Waals surface area contributed by atoms with Crippen molar-refractivity contribution < 1.29 is 9.90 Å². The number of phenols is 1. The van der Waals surface area contributed by atoms with Gasteiger partial charge in [-0.3, -0.25) is 4.79 Å². The quantitative estimate of drug-likeness (QED) is 0.876. The van der Waals surface area contributed by atoms with E-state index < -0.39 is 0 Å². The van der Waals surface area contributed by atoms with Gasteiger partial charge in [-0.25, -0.2) is 0 Å². The van der Waals surface area contributed by atoms with Crippen molar-refractivity contribution in [2.24, 2.45) is 0 Å². The summed E-state index contributed by atoms with van der Waals surface area (Å²) in [7, 11) is 1.82. The van der Waals surface area contributed by atoms with Crippen LogP contribution in [0.4, 0.5) is 0 Å². The summed E-state index contributed by atoms with van der Waals surface area (Å²) in [5, 5.41) is 9.80. The minimum Gasteiger partial charge on any atom is -0.507 e. The number of aryl methyl sites for hydroxylation is 1. The number of amides is 1. The highest BCUT2D eigenvalue weighted by atomic mass is 32.2. The van der Waals surface area contributed by atoms with Crippen LogP contribution in [0.1, 0.15) is 22.3 Å². The lowest BCUT2D eigenvalue weighted by molar-refractivity contribution is 0.0745. The predicted octanol–water partition coefficient (Wildman–Crippen LogP) is 2.28. The standard InChI is InChI=1S/C13H17NO2S/c1-9-3-4-11(12(15)7-9)13(16)14(2)10-5-6-17-8-10/h3-4,7,10,15H,5-6,8H2,1-2H3. The molecule has 1 fully saturated rings. The lowest BCUT2D eigenvalue weighted by Gasteiger charge is -2.24. The summed E-state index contributed by atoms with van der Waals surface area (Å²) in [5.41, 5.74) is 1.35. The summed E-state index contributed by atoms with van der Waals surface area (Å²) in [5.74, 6) is 2.10. The number of hydrogen-bond acceptors (Lipinski definition) is 3. The van der Waals surface area contributed by atoms with Crippen LogP contribution in [0.15, 0.2) is 18.2 Å². The number of carbonyl (C=O) groups excluding carboxylic acids is 1. The van der Waals surface area contributed by atoms with Gasteiger partial charge in [0.2, 0.25) is 0 Å². The normalized spacial score (nSPS) is 19.3. The zero-order chi connectivity index (χ0) is 12.4. The van der Waals surface area contributed by atoms with Crippen molar-refractivity contribution >= 4 is 17.7 Å². The fraction of sp³-hybridized carbons (Fsp3) is 0.462. The average Bonchev–Trinajstić information content (AvgIpc) is 2.80. The maximum Gasteiger partial charge on any atom is 0.257 e. The Hall–Kier alpha value is -1.16. The van der Waals surface area contributed by atoms with E-state index in [9.17, 15) is 9.90 Å². The first-order valence-electron chi connectivity index (χ1n) is 5.74. The number of thioether (sulfide) groups is 1. The van der Waals surface area contributed by atoms with Gasteiger partial charge in [-0.15, -0.1) is 0 Å². The number of benzene rings is 1. The molecule has 1 N–H and O–H groups in total. The van der Waals surface area contributed by atoms with Crippen LogP contribution in [0.2, 0.25) is 0 Å². The van der Waals surface area contributed by atoms with Crippen molar-refractivity contribution in [1.82, 2.24) is 4.90 Å². The molecule has 1 saturated heterocycles. The van der Waals surface area contributed by atoms with Gasteiger partial charge in [0.1, 0.15) is 5.75 Å². The Morgan fingerprint density at radius 3 is 2.88 bits per heavy atom. The molecule has 1 aromatic carbocycles. The summed E-state index contributed by atoms with van der Waals surface area (Å²) >= 11 is 1.87. The van der Waals surface area contributed by atoms with E-state index >= 15 is 0 Å². The minimum absolute atomic E-state index is 0.0764. The molecule has 0 spiro atoms. The van der Waals surface area contributed by atoms with Crippen LogP contribution in [0, 0.1) is 6.92 Å². The van der Waals surface area contributed by atoms with Crippen LogP contribution in [0.5, 0.6) is 5.75 Å². The molecule has 0 saturated carbocycles. The summed E-state index contributed by atoms with van der Waals surface area (Å²) in [6, 6.07) is 5.48. The van der Waals surface area contributed by atoms with E-state index in [0.29, 0.717) is 11.6 Å². The molecule has 1 amide bonds. The van der Waals surface area contributed by atoms with Crippen molar-refractivity contribution in [1.29, 1.82) is 0 Å². The summed E-state index contributed by atoms with van der Waals surface area (Å²) in [6.07, 6.45) is 1.04. The summed E-state index contributed by atoms with van der Waals surface area (Å²) in [6.45, 7) is 1.89. The molecule has 0 bridgehead atoms. The van der Waals surface area contributed by atoms with Gasteiger partial charge in [0, 0.05) is 18.8 Å². The van der Waals surface area contributed by atoms with E-state index in [-0.39, 0.29) is 11.7 Å². The smallest absolute Gasteiger partial charge is 0.257 e. The third-order valence-electron chi connectivity index (χ3n) is 3.16. The Labute approximate surface area is 106 Å². The Morgan fingerprint density at radius 2 is 2.29 bits per heavy atom. The maximum atomic E-state index is 12.2. The van der Waals surface area contributed by atoms with Crippen LogP contribution in [-0.2, 0) is 0 Å². The van der Waals surface area contributed by atoms with E-state index in [0.717, 1.165) is 23.5 Å². The molecule has 1 aromatic rings. The zero-order valence-electron chi connectivity index (χ0n) is 10.1. The zero-order valence-corrected chi connectivity index (χ0v) is 11.0. The van der Waals surface area contributed by atoms with Gasteiger partial charge in [-0.1, -0.05) is 6.07 Å². The molecule has 0 radical (unpaired) electrons. The maximum absolute atomic E-state index is 12.2. The third-order valence-corrected chi connectivity index (χ3v) is 4.30. The predicted molar refractivity (Wildman–Crippen MR) is 70.7 cm³/mol. The van der Waals surface area contributed by atoms with Crippen LogP contribution in [-0.4, -0.2) is 40.5 Å². The van der Waals surface area contributed by atoms with Crippen LogP contribution >= 0.6 is 11.8 Å². The third kappa shape index (κ3) is 2.57. The molecule has 1 heterocycles. The second-order valence-corrected chi connectivity index (χ2v) is 5.60. The number of phenolic OH excluding ortho intramolecular Hbond substituents is 1. The monoisotopic (exact) mass is 251 g/mol. The topological polar surface area (TPSA) is 40.5 Å². The highest BCUT2D eigenvalue weighted by molar-refractivity contribution is 7.99. The molecule has 0 aliphatic carbocycles. The van der Waals surface area contributed by atoms with E-state index in [1.165, 1.54) is 0 Å². The molecule has 17 heavy (non-hydrogen) atoms. The fourth-order valence-corrected chi connectivity index (χ4v) is 3.27. The minimum atomic E-state index is -0.0880. The van der Waals surface area contributed by atoms with Crippen molar-refractivity contribution in [3.63, 3.8) is 0 Å². The van der Waals surface area contributed by atoms with Crippen LogP contribution in [0.25, 0.3) is 0 Å².